The van der Waals surface area contributed by atoms with Gasteiger partial charge in [0.25, 0.3) is 0 Å². The number of hydrogen-bond donors (Lipinski definition) is 0. The van der Waals surface area contributed by atoms with Gasteiger partial charge in [0, 0.05) is 25.8 Å². The van der Waals surface area contributed by atoms with Crippen LogP contribution in [0.4, 0.5) is 0 Å². The molecule has 0 fully saturated rings. The standard InChI is InChI=1S/C12H24O5Si/c1-7-11(4)8-18(14-5,15-6)17-9-16-12(13)10(2)3/h11H,2,7-9H2,1,3-6H3. The van der Waals surface area contributed by atoms with Gasteiger partial charge in [-0.25, -0.2) is 4.79 Å². The van der Waals surface area contributed by atoms with Crippen LogP contribution >= 0.6 is 0 Å². The van der Waals surface area contributed by atoms with Gasteiger partial charge in [0.1, 0.15) is 0 Å². The van der Waals surface area contributed by atoms with Crippen LogP contribution < -0.4 is 0 Å². The summed E-state index contributed by atoms with van der Waals surface area (Å²) in [5, 5.41) is 0. The van der Waals surface area contributed by atoms with Gasteiger partial charge < -0.3 is 18.0 Å². The van der Waals surface area contributed by atoms with Crippen LogP contribution in [0.2, 0.25) is 6.04 Å². The Kier molecular flexibility index (Phi) is 8.09. The zero-order chi connectivity index (χ0) is 14.2. The highest BCUT2D eigenvalue weighted by Crippen LogP contribution is 2.22. The third-order valence-corrected chi connectivity index (χ3v) is 5.73. The van der Waals surface area contributed by atoms with E-state index in [9.17, 15) is 4.79 Å². The lowest BCUT2D eigenvalue weighted by atomic mass is 10.2. The normalized spacial score (nSPS) is 13.2. The Bertz CT molecular complexity index is 276. The van der Waals surface area contributed by atoms with Crippen molar-refractivity contribution < 1.29 is 22.8 Å². The smallest absolute Gasteiger partial charge is 0.436 e. The molecule has 0 aliphatic carbocycles. The average Bonchev–Trinajstić information content (AvgIpc) is 2.36. The molecule has 0 aromatic rings. The van der Waals surface area contributed by atoms with Crippen molar-refractivity contribution in [1.82, 2.24) is 0 Å². The van der Waals surface area contributed by atoms with E-state index >= 15 is 0 Å². The minimum Gasteiger partial charge on any atom is -0.436 e. The quantitative estimate of drug-likeness (QED) is 0.280. The maximum absolute atomic E-state index is 11.2. The Morgan fingerprint density at radius 1 is 1.33 bits per heavy atom. The first kappa shape index (κ1) is 17.3. The van der Waals surface area contributed by atoms with Crippen LogP contribution in [-0.2, 0) is 22.8 Å². The minimum absolute atomic E-state index is 0.171. The van der Waals surface area contributed by atoms with Crippen molar-refractivity contribution in [3.05, 3.63) is 12.2 Å². The topological polar surface area (TPSA) is 54.0 Å². The maximum atomic E-state index is 11.2. The molecule has 1 atom stereocenters. The molecule has 0 bridgehead atoms. The molecule has 0 N–H and O–H groups in total. The van der Waals surface area contributed by atoms with Crippen molar-refractivity contribution >= 4 is 14.8 Å². The van der Waals surface area contributed by atoms with E-state index in [1.807, 2.05) is 0 Å². The molecule has 18 heavy (non-hydrogen) atoms. The summed E-state index contributed by atoms with van der Waals surface area (Å²) in [6.07, 6.45) is 1.01. The first-order valence-corrected chi connectivity index (χ1v) is 7.90. The molecule has 0 aliphatic heterocycles. The van der Waals surface area contributed by atoms with E-state index < -0.39 is 14.8 Å². The second kappa shape index (κ2) is 8.42. The first-order valence-electron chi connectivity index (χ1n) is 5.97. The summed E-state index contributed by atoms with van der Waals surface area (Å²) < 4.78 is 21.2. The van der Waals surface area contributed by atoms with Gasteiger partial charge in [-0.3, -0.25) is 0 Å². The molecule has 106 valence electrons. The van der Waals surface area contributed by atoms with Crippen LogP contribution in [0.25, 0.3) is 0 Å². The SMILES string of the molecule is C=C(C)C(=O)OCO[Si](CC(C)CC)(OC)OC. The number of hydrogen-bond acceptors (Lipinski definition) is 5. The number of carbonyl (C=O) groups excluding carboxylic acids is 1. The number of carbonyl (C=O) groups is 1. The van der Waals surface area contributed by atoms with E-state index in [1.54, 1.807) is 21.1 Å². The summed E-state index contributed by atoms with van der Waals surface area (Å²) in [4.78, 5) is 11.2. The Balaban J connectivity index is 4.34. The molecule has 0 aliphatic rings. The van der Waals surface area contributed by atoms with Gasteiger partial charge in [-0.15, -0.1) is 0 Å². The van der Waals surface area contributed by atoms with E-state index in [2.05, 4.69) is 20.4 Å². The molecule has 0 radical (unpaired) electrons. The molecular weight excluding hydrogens is 252 g/mol. The predicted molar refractivity (Wildman–Crippen MR) is 70.9 cm³/mol. The zero-order valence-corrected chi connectivity index (χ0v) is 12.9. The van der Waals surface area contributed by atoms with E-state index in [1.165, 1.54) is 0 Å². The molecule has 6 heteroatoms. The summed E-state index contributed by atoms with van der Waals surface area (Å²) in [5.74, 6) is -0.0537. The largest absolute Gasteiger partial charge is 0.503 e. The van der Waals surface area contributed by atoms with E-state index in [0.717, 1.165) is 6.42 Å². The highest BCUT2D eigenvalue weighted by Gasteiger charge is 2.40. The summed E-state index contributed by atoms with van der Waals surface area (Å²) in [5.41, 5.74) is 0.336. The van der Waals surface area contributed by atoms with Crippen LogP contribution in [0, 0.1) is 5.92 Å². The second-order valence-electron chi connectivity index (χ2n) is 4.28. The lowest BCUT2D eigenvalue weighted by Gasteiger charge is -2.28. The minimum atomic E-state index is -2.74. The van der Waals surface area contributed by atoms with Gasteiger partial charge in [0.2, 0.25) is 0 Å². The van der Waals surface area contributed by atoms with Crippen LogP contribution in [0.1, 0.15) is 27.2 Å². The third-order valence-electron chi connectivity index (χ3n) is 2.73. The summed E-state index contributed by atoms with van der Waals surface area (Å²) >= 11 is 0. The fourth-order valence-corrected chi connectivity index (χ4v) is 3.53. The molecular formula is C12H24O5Si. The molecule has 0 amide bonds. The van der Waals surface area contributed by atoms with Crippen molar-refractivity contribution in [2.75, 3.05) is 21.0 Å². The number of esters is 1. The third kappa shape index (κ3) is 5.77. The van der Waals surface area contributed by atoms with Gasteiger partial charge in [0.05, 0.1) is 0 Å². The molecule has 0 aromatic heterocycles. The molecule has 0 rings (SSSR count). The van der Waals surface area contributed by atoms with Crippen molar-refractivity contribution in [1.29, 1.82) is 0 Å². The lowest BCUT2D eigenvalue weighted by molar-refractivity contribution is -0.147. The van der Waals surface area contributed by atoms with Crippen LogP contribution in [0.3, 0.4) is 0 Å². The van der Waals surface area contributed by atoms with Gasteiger partial charge in [0.15, 0.2) is 6.79 Å². The monoisotopic (exact) mass is 276 g/mol. The van der Waals surface area contributed by atoms with E-state index in [4.69, 9.17) is 18.0 Å². The van der Waals surface area contributed by atoms with Crippen molar-refractivity contribution in [3.63, 3.8) is 0 Å². The molecule has 0 aromatic carbocycles. The lowest BCUT2D eigenvalue weighted by Crippen LogP contribution is -2.45. The highest BCUT2D eigenvalue weighted by atomic mass is 28.4. The van der Waals surface area contributed by atoms with Gasteiger partial charge in [-0.2, -0.15) is 0 Å². The second-order valence-corrected chi connectivity index (χ2v) is 7.16. The Morgan fingerprint density at radius 2 is 1.89 bits per heavy atom. The molecule has 1 unspecified atom stereocenters. The average molecular weight is 276 g/mol. The summed E-state index contributed by atoms with van der Waals surface area (Å²) in [7, 11) is 0.372. The van der Waals surface area contributed by atoms with Crippen LogP contribution in [0.15, 0.2) is 12.2 Å². The predicted octanol–water partition coefficient (Wildman–Crippen LogP) is 2.36. The van der Waals surface area contributed by atoms with Gasteiger partial charge >= 0.3 is 14.8 Å². The number of rotatable bonds is 9. The summed E-state index contributed by atoms with van der Waals surface area (Å²) in [6, 6.07) is 0.696. The number of ether oxygens (including phenoxy) is 1. The van der Waals surface area contributed by atoms with Crippen molar-refractivity contribution in [3.8, 4) is 0 Å². The highest BCUT2D eigenvalue weighted by molar-refractivity contribution is 6.60. The Labute approximate surface area is 110 Å². The fraction of sp³-hybridized carbons (Fsp3) is 0.750. The molecule has 5 nitrogen and oxygen atoms in total. The fourth-order valence-electron chi connectivity index (χ4n) is 1.29. The molecule has 0 saturated heterocycles. The molecule has 0 heterocycles. The zero-order valence-electron chi connectivity index (χ0n) is 11.9. The first-order chi connectivity index (χ1) is 8.40. The maximum Gasteiger partial charge on any atom is 0.503 e. The van der Waals surface area contributed by atoms with Crippen molar-refractivity contribution in [2.24, 2.45) is 5.92 Å². The van der Waals surface area contributed by atoms with E-state index in [-0.39, 0.29) is 6.79 Å². The van der Waals surface area contributed by atoms with Crippen molar-refractivity contribution in [2.45, 2.75) is 33.2 Å². The van der Waals surface area contributed by atoms with Gasteiger partial charge in [-0.1, -0.05) is 26.8 Å². The Hall–Kier alpha value is -0.693. The van der Waals surface area contributed by atoms with E-state index in [0.29, 0.717) is 17.5 Å². The Morgan fingerprint density at radius 3 is 2.28 bits per heavy atom. The molecule has 0 saturated carbocycles. The summed E-state index contributed by atoms with van der Waals surface area (Å²) in [6.45, 7) is 9.10. The van der Waals surface area contributed by atoms with Gasteiger partial charge in [-0.05, 0) is 12.8 Å². The van der Waals surface area contributed by atoms with Crippen LogP contribution in [-0.4, -0.2) is 35.8 Å². The molecule has 0 spiro atoms. The van der Waals surface area contributed by atoms with Crippen LogP contribution in [0.5, 0.6) is 0 Å².